The van der Waals surface area contributed by atoms with Crippen molar-refractivity contribution in [2.45, 2.75) is 77.0 Å². The Morgan fingerprint density at radius 1 is 0.862 bits per heavy atom. The summed E-state index contributed by atoms with van der Waals surface area (Å²) in [5, 5.41) is 0. The molecule has 0 aromatic heterocycles. The SMILES string of the molecule is CCCCC[C@H]1CC[C@H](c2ccc(COc3ccc(C(F)(F)F)cc3)cc2)CC1. The minimum absolute atomic E-state index is 0.357. The number of hydrogen-bond acceptors (Lipinski definition) is 1. The van der Waals surface area contributed by atoms with Gasteiger partial charge in [0.1, 0.15) is 12.4 Å². The second-order valence-electron chi connectivity index (χ2n) is 8.27. The smallest absolute Gasteiger partial charge is 0.416 e. The monoisotopic (exact) mass is 404 g/mol. The van der Waals surface area contributed by atoms with Gasteiger partial charge in [-0.2, -0.15) is 13.2 Å². The van der Waals surface area contributed by atoms with E-state index in [0.717, 1.165) is 23.6 Å². The Balaban J connectivity index is 1.46. The highest BCUT2D eigenvalue weighted by atomic mass is 19.4. The van der Waals surface area contributed by atoms with Crippen molar-refractivity contribution >= 4 is 0 Å². The summed E-state index contributed by atoms with van der Waals surface area (Å²) >= 11 is 0. The maximum absolute atomic E-state index is 12.6. The predicted molar refractivity (Wildman–Crippen MR) is 111 cm³/mol. The molecular weight excluding hydrogens is 373 g/mol. The lowest BCUT2D eigenvalue weighted by molar-refractivity contribution is -0.137. The van der Waals surface area contributed by atoms with E-state index in [-0.39, 0.29) is 0 Å². The zero-order chi connectivity index (χ0) is 20.7. The fraction of sp³-hybridized carbons (Fsp3) is 0.520. The normalized spacial score (nSPS) is 19.9. The zero-order valence-electron chi connectivity index (χ0n) is 17.2. The van der Waals surface area contributed by atoms with Gasteiger partial charge < -0.3 is 4.74 Å². The first kappa shape index (κ1) is 21.7. The van der Waals surface area contributed by atoms with Gasteiger partial charge in [-0.05, 0) is 72.9 Å². The van der Waals surface area contributed by atoms with Crippen molar-refractivity contribution < 1.29 is 17.9 Å². The molecule has 29 heavy (non-hydrogen) atoms. The van der Waals surface area contributed by atoms with Crippen LogP contribution >= 0.6 is 0 Å². The molecule has 0 radical (unpaired) electrons. The average molecular weight is 405 g/mol. The molecule has 0 atom stereocenters. The van der Waals surface area contributed by atoms with Crippen molar-refractivity contribution in [3.8, 4) is 5.75 Å². The zero-order valence-corrected chi connectivity index (χ0v) is 17.2. The Hall–Kier alpha value is -1.97. The molecule has 0 amide bonds. The van der Waals surface area contributed by atoms with E-state index in [9.17, 15) is 13.2 Å². The van der Waals surface area contributed by atoms with Crippen LogP contribution in [0.3, 0.4) is 0 Å². The van der Waals surface area contributed by atoms with E-state index in [0.29, 0.717) is 18.3 Å². The Kier molecular flexibility index (Phi) is 7.63. The average Bonchev–Trinajstić information content (AvgIpc) is 2.73. The van der Waals surface area contributed by atoms with Crippen molar-refractivity contribution in [2.75, 3.05) is 0 Å². The van der Waals surface area contributed by atoms with E-state index in [1.807, 2.05) is 0 Å². The van der Waals surface area contributed by atoms with Crippen molar-refractivity contribution in [2.24, 2.45) is 5.92 Å². The van der Waals surface area contributed by atoms with E-state index in [4.69, 9.17) is 4.74 Å². The van der Waals surface area contributed by atoms with Gasteiger partial charge in [0.2, 0.25) is 0 Å². The van der Waals surface area contributed by atoms with Gasteiger partial charge in [-0.25, -0.2) is 0 Å². The summed E-state index contributed by atoms with van der Waals surface area (Å²) in [5.74, 6) is 2.01. The summed E-state index contributed by atoms with van der Waals surface area (Å²) < 4.78 is 43.5. The third kappa shape index (κ3) is 6.52. The molecule has 0 N–H and O–H groups in total. The third-order valence-corrected chi connectivity index (χ3v) is 6.10. The van der Waals surface area contributed by atoms with Crippen LogP contribution in [0, 0.1) is 5.92 Å². The first-order chi connectivity index (χ1) is 14.0. The van der Waals surface area contributed by atoms with Crippen LogP contribution in [0.1, 0.15) is 80.9 Å². The Morgan fingerprint density at radius 3 is 2.10 bits per heavy atom. The van der Waals surface area contributed by atoms with Crippen molar-refractivity contribution in [1.82, 2.24) is 0 Å². The molecule has 0 heterocycles. The molecule has 0 spiro atoms. The molecule has 1 fully saturated rings. The number of ether oxygens (including phenoxy) is 1. The first-order valence-corrected chi connectivity index (χ1v) is 10.8. The maximum Gasteiger partial charge on any atom is 0.416 e. The predicted octanol–water partition coefficient (Wildman–Crippen LogP) is 8.14. The van der Waals surface area contributed by atoms with Crippen LogP contribution in [0.5, 0.6) is 5.75 Å². The minimum Gasteiger partial charge on any atom is -0.489 e. The number of rotatable bonds is 8. The van der Waals surface area contributed by atoms with E-state index in [1.54, 1.807) is 0 Å². The van der Waals surface area contributed by atoms with Gasteiger partial charge in [0.25, 0.3) is 0 Å². The van der Waals surface area contributed by atoms with Crippen LogP contribution in [0.2, 0.25) is 0 Å². The van der Waals surface area contributed by atoms with Gasteiger partial charge >= 0.3 is 6.18 Å². The second kappa shape index (κ2) is 10.2. The lowest BCUT2D eigenvalue weighted by Gasteiger charge is -2.29. The largest absolute Gasteiger partial charge is 0.489 e. The lowest BCUT2D eigenvalue weighted by Crippen LogP contribution is -2.13. The molecule has 3 rings (SSSR count). The highest BCUT2D eigenvalue weighted by molar-refractivity contribution is 5.30. The van der Waals surface area contributed by atoms with Crippen molar-refractivity contribution in [3.63, 3.8) is 0 Å². The first-order valence-electron chi connectivity index (χ1n) is 10.8. The van der Waals surface area contributed by atoms with Crippen molar-refractivity contribution in [1.29, 1.82) is 0 Å². The number of unbranched alkanes of at least 4 members (excludes halogenated alkanes) is 2. The lowest BCUT2D eigenvalue weighted by atomic mass is 9.77. The second-order valence-corrected chi connectivity index (χ2v) is 8.27. The Morgan fingerprint density at radius 2 is 1.52 bits per heavy atom. The molecule has 158 valence electrons. The highest BCUT2D eigenvalue weighted by Gasteiger charge is 2.30. The fourth-order valence-electron chi connectivity index (χ4n) is 4.26. The number of alkyl halides is 3. The molecule has 1 aliphatic rings. The summed E-state index contributed by atoms with van der Waals surface area (Å²) in [6.07, 6.45) is 6.33. The topological polar surface area (TPSA) is 9.23 Å². The molecule has 1 nitrogen and oxygen atoms in total. The fourth-order valence-corrected chi connectivity index (χ4v) is 4.26. The van der Waals surface area contributed by atoms with E-state index >= 15 is 0 Å². The minimum atomic E-state index is -4.32. The third-order valence-electron chi connectivity index (χ3n) is 6.10. The molecule has 1 saturated carbocycles. The maximum atomic E-state index is 12.6. The van der Waals surface area contributed by atoms with Crippen molar-refractivity contribution in [3.05, 3.63) is 65.2 Å². The molecule has 0 saturated heterocycles. The Bertz CT molecular complexity index is 726. The number of hydrogen-bond donors (Lipinski definition) is 0. The van der Waals surface area contributed by atoms with Crippen LogP contribution in [0.15, 0.2) is 48.5 Å². The Labute approximate surface area is 172 Å². The molecule has 0 aliphatic heterocycles. The van der Waals surface area contributed by atoms with Gasteiger partial charge in [-0.3, -0.25) is 0 Å². The summed E-state index contributed by atoms with van der Waals surface area (Å²) in [5.41, 5.74) is 1.77. The van der Waals surface area contributed by atoms with Gasteiger partial charge in [-0.15, -0.1) is 0 Å². The molecule has 2 aromatic carbocycles. The molecule has 0 bridgehead atoms. The van der Waals surface area contributed by atoms with Gasteiger partial charge in [-0.1, -0.05) is 56.9 Å². The van der Waals surface area contributed by atoms with E-state index in [1.165, 1.54) is 69.1 Å². The van der Waals surface area contributed by atoms with E-state index in [2.05, 4.69) is 31.2 Å². The quantitative estimate of drug-likeness (QED) is 0.403. The van der Waals surface area contributed by atoms with E-state index < -0.39 is 11.7 Å². The van der Waals surface area contributed by atoms with Crippen LogP contribution in [-0.4, -0.2) is 0 Å². The molecule has 0 unspecified atom stereocenters. The standard InChI is InChI=1S/C25H31F3O/c1-2-3-4-5-19-6-10-21(11-7-19)22-12-8-20(9-13-22)18-29-24-16-14-23(15-17-24)25(26,27)28/h8-9,12-17,19,21H,2-7,10-11,18H2,1H3/t19-,21-. The van der Waals surface area contributed by atoms with Crippen LogP contribution < -0.4 is 4.74 Å². The van der Waals surface area contributed by atoms with Crippen LogP contribution in [0.4, 0.5) is 13.2 Å². The summed E-state index contributed by atoms with van der Waals surface area (Å²) in [6.45, 7) is 2.62. The molecule has 4 heteroatoms. The van der Waals surface area contributed by atoms with Crippen LogP contribution in [-0.2, 0) is 12.8 Å². The molecule has 2 aromatic rings. The molecular formula is C25H31F3O. The summed E-state index contributed by atoms with van der Waals surface area (Å²) in [6, 6.07) is 13.4. The van der Waals surface area contributed by atoms with Gasteiger partial charge in [0, 0.05) is 0 Å². The van der Waals surface area contributed by atoms with Gasteiger partial charge in [0.05, 0.1) is 5.56 Å². The molecule has 1 aliphatic carbocycles. The van der Waals surface area contributed by atoms with Gasteiger partial charge in [0.15, 0.2) is 0 Å². The summed E-state index contributed by atoms with van der Waals surface area (Å²) in [4.78, 5) is 0. The number of benzene rings is 2. The highest BCUT2D eigenvalue weighted by Crippen LogP contribution is 2.38. The number of halogens is 3. The van der Waals surface area contributed by atoms with Crippen LogP contribution in [0.25, 0.3) is 0 Å². The summed E-state index contributed by atoms with van der Waals surface area (Å²) in [7, 11) is 0.